The Bertz CT molecular complexity index is 717. The molecule has 0 unspecified atom stereocenters. The average Bonchev–Trinajstić information content (AvgIpc) is 3.37. The molecule has 21 heavy (non-hydrogen) atoms. The van der Waals surface area contributed by atoms with E-state index < -0.39 is 0 Å². The van der Waals surface area contributed by atoms with E-state index in [9.17, 15) is 4.79 Å². The average molecular weight is 281 g/mol. The summed E-state index contributed by atoms with van der Waals surface area (Å²) in [6.45, 7) is 0.783. The van der Waals surface area contributed by atoms with E-state index in [2.05, 4.69) is 10.3 Å². The normalized spacial score (nSPS) is 19.4. The summed E-state index contributed by atoms with van der Waals surface area (Å²) >= 11 is 0. The first kappa shape index (κ1) is 12.6. The van der Waals surface area contributed by atoms with Gasteiger partial charge in [0.1, 0.15) is 5.69 Å². The lowest BCUT2D eigenvalue weighted by Gasteiger charge is -2.15. The van der Waals surface area contributed by atoms with Gasteiger partial charge < -0.3 is 11.1 Å². The molecule has 0 aliphatic heterocycles. The third kappa shape index (κ3) is 2.24. The molecular formula is C17H19N3O. The van der Waals surface area contributed by atoms with Crippen LogP contribution in [0.1, 0.15) is 36.2 Å². The van der Waals surface area contributed by atoms with E-state index in [1.54, 1.807) is 6.07 Å². The van der Waals surface area contributed by atoms with E-state index in [0.717, 1.165) is 23.4 Å². The summed E-state index contributed by atoms with van der Waals surface area (Å²) in [5.41, 5.74) is 8.22. The van der Waals surface area contributed by atoms with Crippen LogP contribution in [0.15, 0.2) is 30.3 Å². The monoisotopic (exact) mass is 281 g/mol. The fourth-order valence-electron chi connectivity index (χ4n) is 3.25. The molecule has 3 N–H and O–H groups in total. The SMILES string of the molecule is Nc1cc(C(=O)NCC2(C3CC3)CC2)nc2ccccc12. The van der Waals surface area contributed by atoms with Crippen LogP contribution in [0.4, 0.5) is 5.69 Å². The number of rotatable bonds is 4. The minimum Gasteiger partial charge on any atom is -0.398 e. The molecular weight excluding hydrogens is 262 g/mol. The number of hydrogen-bond donors (Lipinski definition) is 2. The number of para-hydroxylation sites is 1. The van der Waals surface area contributed by atoms with Gasteiger partial charge in [0, 0.05) is 17.6 Å². The molecule has 2 aromatic rings. The molecule has 108 valence electrons. The highest BCUT2D eigenvalue weighted by Gasteiger charge is 2.53. The Morgan fingerprint density at radius 2 is 2.10 bits per heavy atom. The molecule has 4 heteroatoms. The number of anilines is 1. The molecule has 2 saturated carbocycles. The van der Waals surface area contributed by atoms with E-state index in [-0.39, 0.29) is 5.91 Å². The van der Waals surface area contributed by atoms with Gasteiger partial charge in [-0.3, -0.25) is 4.79 Å². The minimum atomic E-state index is -0.112. The Labute approximate surface area is 123 Å². The molecule has 4 rings (SSSR count). The number of nitrogens with one attached hydrogen (secondary N) is 1. The highest BCUT2D eigenvalue weighted by atomic mass is 16.1. The highest BCUT2D eigenvalue weighted by Crippen LogP contribution is 2.60. The maximum Gasteiger partial charge on any atom is 0.270 e. The predicted molar refractivity (Wildman–Crippen MR) is 82.9 cm³/mol. The fourth-order valence-corrected chi connectivity index (χ4v) is 3.25. The van der Waals surface area contributed by atoms with Crippen molar-refractivity contribution in [1.29, 1.82) is 0 Å². The van der Waals surface area contributed by atoms with E-state index in [1.807, 2.05) is 24.3 Å². The maximum absolute atomic E-state index is 12.3. The van der Waals surface area contributed by atoms with Crippen molar-refractivity contribution < 1.29 is 4.79 Å². The smallest absolute Gasteiger partial charge is 0.270 e. The summed E-state index contributed by atoms with van der Waals surface area (Å²) in [7, 11) is 0. The Morgan fingerprint density at radius 1 is 1.33 bits per heavy atom. The van der Waals surface area contributed by atoms with Gasteiger partial charge in [-0.1, -0.05) is 18.2 Å². The molecule has 1 aromatic heterocycles. The van der Waals surface area contributed by atoms with Gasteiger partial charge in [0.05, 0.1) is 5.52 Å². The number of hydrogen-bond acceptors (Lipinski definition) is 3. The fraction of sp³-hybridized carbons (Fsp3) is 0.412. The Kier molecular flexibility index (Phi) is 2.67. The lowest BCUT2D eigenvalue weighted by Crippen LogP contribution is -2.31. The van der Waals surface area contributed by atoms with Crippen LogP contribution in [0, 0.1) is 11.3 Å². The van der Waals surface area contributed by atoms with E-state index >= 15 is 0 Å². The minimum absolute atomic E-state index is 0.112. The molecule has 1 amide bonds. The number of benzene rings is 1. The van der Waals surface area contributed by atoms with Crippen LogP contribution in [-0.2, 0) is 0 Å². The summed E-state index contributed by atoms with van der Waals surface area (Å²) in [5, 5.41) is 3.95. The standard InChI is InChI=1S/C17H19N3O/c18-13-9-15(20-14-4-2-1-3-12(13)14)16(21)19-10-17(7-8-17)11-5-6-11/h1-4,9,11H,5-8,10H2,(H2,18,20)(H,19,21). The number of carbonyl (C=O) groups is 1. The number of nitrogens with zero attached hydrogens (tertiary/aromatic N) is 1. The number of nitrogen functional groups attached to an aromatic ring is 1. The summed E-state index contributed by atoms with van der Waals surface area (Å²) in [6, 6.07) is 9.31. The summed E-state index contributed by atoms with van der Waals surface area (Å²) in [6.07, 6.45) is 5.17. The molecule has 4 nitrogen and oxygen atoms in total. The van der Waals surface area contributed by atoms with Crippen molar-refractivity contribution in [2.45, 2.75) is 25.7 Å². The van der Waals surface area contributed by atoms with Crippen LogP contribution in [0.3, 0.4) is 0 Å². The lowest BCUT2D eigenvalue weighted by atomic mass is 10.0. The second kappa shape index (κ2) is 4.45. The zero-order valence-corrected chi connectivity index (χ0v) is 11.9. The highest BCUT2D eigenvalue weighted by molar-refractivity contribution is 5.99. The van der Waals surface area contributed by atoms with Gasteiger partial charge in [-0.15, -0.1) is 0 Å². The van der Waals surface area contributed by atoms with Crippen LogP contribution < -0.4 is 11.1 Å². The first-order chi connectivity index (χ1) is 10.2. The molecule has 2 aliphatic carbocycles. The van der Waals surface area contributed by atoms with Crippen LogP contribution in [-0.4, -0.2) is 17.4 Å². The van der Waals surface area contributed by atoms with E-state index in [4.69, 9.17) is 5.73 Å². The van der Waals surface area contributed by atoms with Crippen molar-refractivity contribution in [3.8, 4) is 0 Å². The summed E-state index contributed by atoms with van der Waals surface area (Å²) < 4.78 is 0. The van der Waals surface area contributed by atoms with Crippen LogP contribution in [0.5, 0.6) is 0 Å². The van der Waals surface area contributed by atoms with Gasteiger partial charge >= 0.3 is 0 Å². The first-order valence-corrected chi connectivity index (χ1v) is 7.61. The lowest BCUT2D eigenvalue weighted by molar-refractivity contribution is 0.0938. The van der Waals surface area contributed by atoms with Gasteiger partial charge in [0.2, 0.25) is 0 Å². The second-order valence-corrected chi connectivity index (χ2v) is 6.43. The number of nitrogens with two attached hydrogens (primary N) is 1. The number of aromatic nitrogens is 1. The molecule has 1 heterocycles. The number of pyridine rings is 1. The van der Waals surface area contributed by atoms with Crippen molar-refractivity contribution in [2.24, 2.45) is 11.3 Å². The van der Waals surface area contributed by atoms with Gasteiger partial charge in [0.15, 0.2) is 0 Å². The predicted octanol–water partition coefficient (Wildman–Crippen LogP) is 2.74. The molecule has 0 saturated heterocycles. The van der Waals surface area contributed by atoms with Gasteiger partial charge in [0.25, 0.3) is 5.91 Å². The van der Waals surface area contributed by atoms with Crippen molar-refractivity contribution in [1.82, 2.24) is 10.3 Å². The van der Waals surface area contributed by atoms with Gasteiger partial charge in [-0.05, 0) is 49.1 Å². The summed E-state index contributed by atoms with van der Waals surface area (Å²) in [5.74, 6) is 0.729. The van der Waals surface area contributed by atoms with Crippen molar-refractivity contribution in [3.63, 3.8) is 0 Å². The Balaban J connectivity index is 1.54. The summed E-state index contributed by atoms with van der Waals surface area (Å²) in [4.78, 5) is 16.8. The van der Waals surface area contributed by atoms with Crippen molar-refractivity contribution >= 4 is 22.5 Å². The second-order valence-electron chi connectivity index (χ2n) is 6.43. The molecule has 0 atom stereocenters. The van der Waals surface area contributed by atoms with Crippen LogP contribution in [0.2, 0.25) is 0 Å². The third-order valence-corrected chi connectivity index (χ3v) is 4.92. The molecule has 0 radical (unpaired) electrons. The van der Waals surface area contributed by atoms with Gasteiger partial charge in [-0.25, -0.2) is 4.98 Å². The van der Waals surface area contributed by atoms with Crippen molar-refractivity contribution in [3.05, 3.63) is 36.0 Å². The first-order valence-electron chi connectivity index (χ1n) is 7.61. The molecule has 1 aromatic carbocycles. The quantitative estimate of drug-likeness (QED) is 0.905. The third-order valence-electron chi connectivity index (χ3n) is 4.92. The van der Waals surface area contributed by atoms with Crippen molar-refractivity contribution in [2.75, 3.05) is 12.3 Å². The number of fused-ring (bicyclic) bond motifs is 1. The Morgan fingerprint density at radius 3 is 2.81 bits per heavy atom. The van der Waals surface area contributed by atoms with Crippen LogP contribution in [0.25, 0.3) is 10.9 Å². The van der Waals surface area contributed by atoms with E-state index in [0.29, 0.717) is 16.8 Å². The largest absolute Gasteiger partial charge is 0.398 e. The topological polar surface area (TPSA) is 68.0 Å². The zero-order valence-electron chi connectivity index (χ0n) is 11.9. The maximum atomic E-state index is 12.3. The molecule has 0 spiro atoms. The molecule has 0 bridgehead atoms. The number of carbonyl (C=O) groups excluding carboxylic acids is 1. The Hall–Kier alpha value is -2.10. The van der Waals surface area contributed by atoms with E-state index in [1.165, 1.54) is 25.7 Å². The molecule has 2 fully saturated rings. The zero-order chi connectivity index (χ0) is 14.4. The molecule has 2 aliphatic rings. The number of amides is 1. The van der Waals surface area contributed by atoms with Crippen LogP contribution >= 0.6 is 0 Å². The van der Waals surface area contributed by atoms with Gasteiger partial charge in [-0.2, -0.15) is 0 Å².